The molecule has 0 unspecified atom stereocenters. The Morgan fingerprint density at radius 3 is 2.57 bits per heavy atom. The van der Waals surface area contributed by atoms with Crippen LogP contribution in [0, 0.1) is 12.7 Å². The Bertz CT molecular complexity index is 927. The normalized spacial score (nSPS) is 16.4. The van der Waals surface area contributed by atoms with Gasteiger partial charge in [0, 0.05) is 12.2 Å². The van der Waals surface area contributed by atoms with Gasteiger partial charge in [0.05, 0.1) is 12.1 Å². The molecule has 1 aliphatic rings. The van der Waals surface area contributed by atoms with E-state index < -0.39 is 29.7 Å². The number of hydrogen-bond acceptors (Lipinski definition) is 3. The summed E-state index contributed by atoms with van der Waals surface area (Å²) in [4.78, 5) is 40.5. The monoisotopic (exact) mass is 381 g/mol. The smallest absolute Gasteiger partial charge is 0.326 e. The van der Waals surface area contributed by atoms with E-state index in [-0.39, 0.29) is 18.7 Å². The molecule has 28 heavy (non-hydrogen) atoms. The highest BCUT2D eigenvalue weighted by Gasteiger charge is 2.46. The SMILES string of the molecule is C=CCN1C(=O)N(c2ccc(C)cc2)C(=O)[C@@H]1CC(=O)Nc1cccc(F)c1. The number of anilines is 2. The molecular weight excluding hydrogens is 361 g/mol. The largest absolute Gasteiger partial charge is 0.332 e. The zero-order valence-corrected chi connectivity index (χ0v) is 15.4. The van der Waals surface area contributed by atoms with Crippen LogP contribution in [0.25, 0.3) is 0 Å². The minimum absolute atomic E-state index is 0.130. The van der Waals surface area contributed by atoms with Crippen LogP contribution in [0.5, 0.6) is 0 Å². The molecule has 1 saturated heterocycles. The summed E-state index contributed by atoms with van der Waals surface area (Å²) in [5, 5.41) is 2.56. The van der Waals surface area contributed by atoms with Crippen LogP contribution < -0.4 is 10.2 Å². The van der Waals surface area contributed by atoms with Crippen molar-refractivity contribution in [2.45, 2.75) is 19.4 Å². The van der Waals surface area contributed by atoms with Crippen molar-refractivity contribution >= 4 is 29.2 Å². The van der Waals surface area contributed by atoms with Gasteiger partial charge in [-0.3, -0.25) is 9.59 Å². The average molecular weight is 381 g/mol. The average Bonchev–Trinajstić information content (AvgIpc) is 2.87. The van der Waals surface area contributed by atoms with Crippen molar-refractivity contribution in [1.29, 1.82) is 0 Å². The highest BCUT2D eigenvalue weighted by atomic mass is 19.1. The predicted octanol–water partition coefficient (Wildman–Crippen LogP) is 3.49. The fourth-order valence-electron chi connectivity index (χ4n) is 3.07. The number of nitrogens with one attached hydrogen (secondary N) is 1. The molecule has 144 valence electrons. The molecule has 1 heterocycles. The molecule has 1 aliphatic heterocycles. The first-order chi connectivity index (χ1) is 13.4. The van der Waals surface area contributed by atoms with E-state index in [9.17, 15) is 18.8 Å². The first-order valence-corrected chi connectivity index (χ1v) is 8.78. The summed E-state index contributed by atoms with van der Waals surface area (Å²) in [6.07, 6.45) is 1.26. The number of urea groups is 1. The molecule has 1 atom stereocenters. The number of halogens is 1. The molecule has 0 spiro atoms. The number of imide groups is 1. The Morgan fingerprint density at radius 1 is 1.21 bits per heavy atom. The van der Waals surface area contributed by atoms with Crippen molar-refractivity contribution < 1.29 is 18.8 Å². The molecule has 4 amide bonds. The Balaban J connectivity index is 1.80. The third kappa shape index (κ3) is 3.93. The summed E-state index contributed by atoms with van der Waals surface area (Å²) in [5.74, 6) is -1.45. The zero-order valence-electron chi connectivity index (χ0n) is 15.4. The predicted molar refractivity (Wildman–Crippen MR) is 104 cm³/mol. The van der Waals surface area contributed by atoms with E-state index >= 15 is 0 Å². The Morgan fingerprint density at radius 2 is 1.93 bits per heavy atom. The Hall–Kier alpha value is -3.48. The van der Waals surface area contributed by atoms with Crippen molar-refractivity contribution in [2.24, 2.45) is 0 Å². The molecule has 6 nitrogen and oxygen atoms in total. The Kier molecular flexibility index (Phi) is 5.54. The van der Waals surface area contributed by atoms with Gasteiger partial charge >= 0.3 is 6.03 Å². The molecule has 0 aliphatic carbocycles. The van der Waals surface area contributed by atoms with Gasteiger partial charge < -0.3 is 10.2 Å². The van der Waals surface area contributed by atoms with E-state index in [0.717, 1.165) is 10.5 Å². The molecular formula is C21H20FN3O3. The molecule has 0 aromatic heterocycles. The lowest BCUT2D eigenvalue weighted by Gasteiger charge is -2.19. The summed E-state index contributed by atoms with van der Waals surface area (Å²) < 4.78 is 13.3. The first-order valence-electron chi connectivity index (χ1n) is 8.78. The van der Waals surface area contributed by atoms with Gasteiger partial charge in [0.2, 0.25) is 5.91 Å². The lowest BCUT2D eigenvalue weighted by atomic mass is 10.1. The lowest BCUT2D eigenvalue weighted by Crippen LogP contribution is -2.38. The topological polar surface area (TPSA) is 69.7 Å². The van der Waals surface area contributed by atoms with E-state index in [4.69, 9.17) is 0 Å². The molecule has 2 aromatic rings. The maximum atomic E-state index is 13.3. The summed E-state index contributed by atoms with van der Waals surface area (Å²) >= 11 is 0. The highest BCUT2D eigenvalue weighted by molar-refractivity contribution is 6.22. The minimum Gasteiger partial charge on any atom is -0.326 e. The van der Waals surface area contributed by atoms with Gasteiger partial charge in [-0.1, -0.05) is 29.8 Å². The maximum absolute atomic E-state index is 13.3. The molecule has 0 bridgehead atoms. The van der Waals surface area contributed by atoms with Crippen molar-refractivity contribution in [3.05, 3.63) is 72.6 Å². The van der Waals surface area contributed by atoms with Crippen molar-refractivity contribution in [2.75, 3.05) is 16.8 Å². The van der Waals surface area contributed by atoms with E-state index in [2.05, 4.69) is 11.9 Å². The molecule has 3 rings (SSSR count). The number of hydrogen-bond donors (Lipinski definition) is 1. The molecule has 0 saturated carbocycles. The van der Waals surface area contributed by atoms with Crippen LogP contribution in [0.2, 0.25) is 0 Å². The van der Waals surface area contributed by atoms with Crippen LogP contribution in [-0.2, 0) is 9.59 Å². The number of nitrogens with zero attached hydrogens (tertiary/aromatic N) is 2. The highest BCUT2D eigenvalue weighted by Crippen LogP contribution is 2.27. The second kappa shape index (κ2) is 8.04. The lowest BCUT2D eigenvalue weighted by molar-refractivity contribution is -0.124. The van der Waals surface area contributed by atoms with Gasteiger partial charge in [-0.05, 0) is 37.3 Å². The Labute approximate surface area is 162 Å². The molecule has 0 radical (unpaired) electrons. The molecule has 1 N–H and O–H groups in total. The van der Waals surface area contributed by atoms with Crippen LogP contribution in [0.3, 0.4) is 0 Å². The summed E-state index contributed by atoms with van der Waals surface area (Å²) in [7, 11) is 0. The summed E-state index contributed by atoms with van der Waals surface area (Å²) in [6, 6.07) is 11.0. The van der Waals surface area contributed by atoms with Crippen molar-refractivity contribution in [3.63, 3.8) is 0 Å². The molecule has 2 aromatic carbocycles. The zero-order chi connectivity index (χ0) is 20.3. The van der Waals surface area contributed by atoms with Crippen LogP contribution in [0.1, 0.15) is 12.0 Å². The number of benzene rings is 2. The number of amides is 4. The standard InChI is InChI=1S/C21H20FN3O3/c1-3-11-24-18(13-19(26)23-16-6-4-5-15(22)12-16)20(27)25(21(24)28)17-9-7-14(2)8-10-17/h3-10,12,18H,1,11,13H2,2H3,(H,23,26)/t18-/m0/s1. The van der Waals surface area contributed by atoms with Crippen LogP contribution in [0.15, 0.2) is 61.2 Å². The number of rotatable bonds is 6. The number of carbonyl (C=O) groups is 3. The van der Waals surface area contributed by atoms with Crippen LogP contribution >= 0.6 is 0 Å². The fraction of sp³-hybridized carbons (Fsp3) is 0.190. The van der Waals surface area contributed by atoms with Gasteiger partial charge in [-0.15, -0.1) is 6.58 Å². The van der Waals surface area contributed by atoms with Gasteiger partial charge in [0.25, 0.3) is 5.91 Å². The van der Waals surface area contributed by atoms with Gasteiger partial charge in [0.1, 0.15) is 11.9 Å². The van der Waals surface area contributed by atoms with Crippen molar-refractivity contribution in [1.82, 2.24) is 4.90 Å². The fourth-order valence-corrected chi connectivity index (χ4v) is 3.07. The van der Waals surface area contributed by atoms with E-state index in [1.54, 1.807) is 30.3 Å². The molecule has 1 fully saturated rings. The van der Waals surface area contributed by atoms with Gasteiger partial charge in [-0.25, -0.2) is 14.1 Å². The minimum atomic E-state index is -0.958. The third-order valence-corrected chi connectivity index (χ3v) is 4.42. The van der Waals surface area contributed by atoms with Gasteiger partial charge in [0.15, 0.2) is 0 Å². The number of aryl methyl sites for hydroxylation is 1. The third-order valence-electron chi connectivity index (χ3n) is 4.42. The van der Waals surface area contributed by atoms with E-state index in [1.807, 2.05) is 6.92 Å². The summed E-state index contributed by atoms with van der Waals surface area (Å²) in [5.41, 5.74) is 1.73. The van der Waals surface area contributed by atoms with Crippen LogP contribution in [0.4, 0.5) is 20.6 Å². The summed E-state index contributed by atoms with van der Waals surface area (Å²) in [6.45, 7) is 5.65. The first kappa shape index (κ1) is 19.3. The van der Waals surface area contributed by atoms with Gasteiger partial charge in [-0.2, -0.15) is 0 Å². The number of carbonyl (C=O) groups excluding carboxylic acids is 3. The van der Waals surface area contributed by atoms with E-state index in [0.29, 0.717) is 5.69 Å². The van der Waals surface area contributed by atoms with Crippen LogP contribution in [-0.4, -0.2) is 35.3 Å². The van der Waals surface area contributed by atoms with Crippen molar-refractivity contribution in [3.8, 4) is 0 Å². The second-order valence-corrected chi connectivity index (χ2v) is 6.51. The quantitative estimate of drug-likeness (QED) is 0.615. The van der Waals surface area contributed by atoms with E-state index in [1.165, 1.54) is 29.2 Å². The molecule has 7 heteroatoms. The maximum Gasteiger partial charge on any atom is 0.332 e. The second-order valence-electron chi connectivity index (χ2n) is 6.51.